The smallest absolute Gasteiger partial charge is 0.257 e. The summed E-state index contributed by atoms with van der Waals surface area (Å²) in [5.41, 5.74) is 5.42. The van der Waals surface area contributed by atoms with Crippen molar-refractivity contribution < 1.29 is 9.59 Å². The van der Waals surface area contributed by atoms with Gasteiger partial charge in [-0.15, -0.1) is 12.4 Å². The van der Waals surface area contributed by atoms with Gasteiger partial charge in [0.05, 0.1) is 12.1 Å². The van der Waals surface area contributed by atoms with E-state index in [4.69, 9.17) is 5.73 Å². The molecule has 0 spiro atoms. The van der Waals surface area contributed by atoms with E-state index >= 15 is 0 Å². The zero-order valence-corrected chi connectivity index (χ0v) is 15.9. The molecule has 5 N–H and O–H groups in total. The Morgan fingerprint density at radius 3 is 2.54 bits per heavy atom. The number of para-hydroxylation sites is 1. The molecule has 142 valence electrons. The van der Waals surface area contributed by atoms with Gasteiger partial charge >= 0.3 is 0 Å². The van der Waals surface area contributed by atoms with E-state index < -0.39 is 11.4 Å². The molecular formula is C18H25ClN4O3. The molecular weight excluding hydrogens is 356 g/mol. The Balaban J connectivity index is 0.00000338. The van der Waals surface area contributed by atoms with Crippen LogP contribution in [-0.2, 0) is 4.79 Å². The lowest BCUT2D eigenvalue weighted by Gasteiger charge is -2.33. The molecule has 0 bridgehead atoms. The molecule has 0 aliphatic heterocycles. The number of fused-ring (bicyclic) bond motifs is 1. The number of nitrogens with two attached hydrogens (primary N) is 1. The Kier molecular flexibility index (Phi) is 7.35. The first-order valence-corrected chi connectivity index (χ1v) is 8.18. The molecule has 0 fully saturated rings. The zero-order valence-electron chi connectivity index (χ0n) is 15.1. The van der Waals surface area contributed by atoms with Gasteiger partial charge in [0.2, 0.25) is 11.3 Å². The molecule has 0 radical (unpaired) electrons. The highest BCUT2D eigenvalue weighted by molar-refractivity contribution is 5.98. The highest BCUT2D eigenvalue weighted by Gasteiger charge is 2.28. The van der Waals surface area contributed by atoms with Crippen molar-refractivity contribution in [2.24, 2.45) is 11.7 Å². The van der Waals surface area contributed by atoms with Gasteiger partial charge in [-0.3, -0.25) is 14.4 Å². The largest absolute Gasteiger partial charge is 0.360 e. The van der Waals surface area contributed by atoms with Crippen LogP contribution in [0.25, 0.3) is 10.9 Å². The molecule has 26 heavy (non-hydrogen) atoms. The highest BCUT2D eigenvalue weighted by atomic mass is 35.5. The summed E-state index contributed by atoms with van der Waals surface area (Å²) in [4.78, 5) is 39.6. The quantitative estimate of drug-likeness (QED) is 0.601. The fourth-order valence-corrected chi connectivity index (χ4v) is 2.39. The van der Waals surface area contributed by atoms with E-state index in [0.717, 1.165) is 0 Å². The number of carbonyl (C=O) groups is 2. The molecule has 0 saturated heterocycles. The van der Waals surface area contributed by atoms with Crippen molar-refractivity contribution >= 4 is 35.1 Å². The Labute approximate surface area is 158 Å². The second-order valence-corrected chi connectivity index (χ2v) is 6.58. The van der Waals surface area contributed by atoms with Crippen molar-refractivity contribution in [3.05, 3.63) is 46.2 Å². The third-order valence-corrected chi connectivity index (χ3v) is 4.57. The van der Waals surface area contributed by atoms with Crippen molar-refractivity contribution in [3.63, 3.8) is 0 Å². The van der Waals surface area contributed by atoms with Crippen LogP contribution < -0.4 is 21.8 Å². The number of carbonyl (C=O) groups excluding carboxylic acids is 2. The summed E-state index contributed by atoms with van der Waals surface area (Å²) < 4.78 is 0. The molecule has 8 heteroatoms. The molecule has 7 nitrogen and oxygen atoms in total. The average Bonchev–Trinajstić information content (AvgIpc) is 2.60. The first-order chi connectivity index (χ1) is 11.8. The molecule has 2 amide bonds. The molecule has 1 aromatic heterocycles. The Bertz CT molecular complexity index is 850. The van der Waals surface area contributed by atoms with Crippen molar-refractivity contribution in [2.75, 3.05) is 13.1 Å². The Morgan fingerprint density at radius 2 is 1.92 bits per heavy atom. The first-order valence-electron chi connectivity index (χ1n) is 8.18. The number of hydrogen-bond acceptors (Lipinski definition) is 4. The number of nitrogens with one attached hydrogen (secondary N) is 3. The van der Waals surface area contributed by atoms with Gasteiger partial charge in [-0.25, -0.2) is 0 Å². The maximum absolute atomic E-state index is 12.4. The van der Waals surface area contributed by atoms with Crippen molar-refractivity contribution in [3.8, 4) is 0 Å². The van der Waals surface area contributed by atoms with Crippen LogP contribution in [0.4, 0.5) is 0 Å². The van der Waals surface area contributed by atoms with E-state index in [0.29, 0.717) is 10.9 Å². The van der Waals surface area contributed by atoms with E-state index in [9.17, 15) is 14.4 Å². The summed E-state index contributed by atoms with van der Waals surface area (Å²) in [6, 6.07) is 6.93. The Morgan fingerprint density at radius 1 is 1.27 bits per heavy atom. The lowest BCUT2D eigenvalue weighted by Crippen LogP contribution is -2.57. The molecule has 0 aliphatic rings. The summed E-state index contributed by atoms with van der Waals surface area (Å²) in [5, 5.41) is 5.73. The van der Waals surface area contributed by atoms with Crippen molar-refractivity contribution in [1.82, 2.24) is 15.6 Å². The third-order valence-electron chi connectivity index (χ3n) is 4.57. The second kappa shape index (κ2) is 8.82. The molecule has 1 atom stereocenters. The summed E-state index contributed by atoms with van der Waals surface area (Å²) in [7, 11) is 0. The van der Waals surface area contributed by atoms with Gasteiger partial charge in [0, 0.05) is 23.6 Å². The van der Waals surface area contributed by atoms with Crippen LogP contribution in [0.15, 0.2) is 35.3 Å². The number of aromatic amines is 1. The minimum atomic E-state index is -0.596. The Hall–Kier alpha value is -2.38. The van der Waals surface area contributed by atoms with Gasteiger partial charge in [0.15, 0.2) is 0 Å². The monoisotopic (exact) mass is 380 g/mol. The maximum atomic E-state index is 12.4. The summed E-state index contributed by atoms with van der Waals surface area (Å²) in [5.74, 6) is -0.811. The average molecular weight is 381 g/mol. The normalized spacial score (nSPS) is 13.0. The lowest BCUT2D eigenvalue weighted by molar-refractivity contribution is -0.122. The van der Waals surface area contributed by atoms with Crippen LogP contribution in [0.5, 0.6) is 0 Å². The van der Waals surface area contributed by atoms with Crippen LogP contribution in [0.1, 0.15) is 31.1 Å². The molecule has 1 unspecified atom stereocenters. The van der Waals surface area contributed by atoms with Gasteiger partial charge in [-0.1, -0.05) is 26.0 Å². The van der Waals surface area contributed by atoms with Gasteiger partial charge in [-0.2, -0.15) is 0 Å². The molecule has 1 aromatic carbocycles. The summed E-state index contributed by atoms with van der Waals surface area (Å²) in [6.45, 7) is 5.83. The number of amides is 2. The number of aromatic nitrogens is 1. The van der Waals surface area contributed by atoms with Crippen LogP contribution in [-0.4, -0.2) is 35.4 Å². The van der Waals surface area contributed by atoms with E-state index in [-0.39, 0.29) is 48.3 Å². The van der Waals surface area contributed by atoms with Gasteiger partial charge < -0.3 is 21.4 Å². The molecule has 0 aliphatic carbocycles. The number of rotatable bonds is 6. The van der Waals surface area contributed by atoms with Crippen molar-refractivity contribution in [1.29, 1.82) is 0 Å². The molecule has 1 heterocycles. The number of halogens is 1. The van der Waals surface area contributed by atoms with E-state index in [1.54, 1.807) is 24.3 Å². The predicted octanol–water partition coefficient (Wildman–Crippen LogP) is 1.17. The molecule has 2 aromatic rings. The number of hydrogen-bond donors (Lipinski definition) is 4. The van der Waals surface area contributed by atoms with Crippen LogP contribution in [0.2, 0.25) is 0 Å². The van der Waals surface area contributed by atoms with Crippen LogP contribution >= 0.6 is 12.4 Å². The topological polar surface area (TPSA) is 117 Å². The third kappa shape index (κ3) is 4.62. The number of H-pyrrole nitrogens is 1. The van der Waals surface area contributed by atoms with E-state index in [1.165, 1.54) is 6.20 Å². The van der Waals surface area contributed by atoms with Crippen LogP contribution in [0, 0.1) is 5.92 Å². The number of pyridine rings is 1. The summed E-state index contributed by atoms with van der Waals surface area (Å²) in [6.07, 6.45) is 1.36. The number of benzene rings is 1. The minimum Gasteiger partial charge on any atom is -0.360 e. The van der Waals surface area contributed by atoms with Crippen molar-refractivity contribution in [2.45, 2.75) is 26.3 Å². The minimum absolute atomic E-state index is 0. The fraction of sp³-hybridized carbons (Fsp3) is 0.389. The fourth-order valence-electron chi connectivity index (χ4n) is 2.39. The van der Waals surface area contributed by atoms with E-state index in [2.05, 4.69) is 15.6 Å². The standard InChI is InChI=1S/C18H24N4O3.ClH/c1-11(2)18(3,10-19)22-15(23)9-21-17(25)13-8-20-14-7-5-4-6-12(14)16(13)24;/h4-8,11H,9-10,19H2,1-3H3,(H,20,24)(H,21,25)(H,22,23);1H. The first kappa shape index (κ1) is 21.7. The zero-order chi connectivity index (χ0) is 18.6. The second-order valence-electron chi connectivity index (χ2n) is 6.58. The molecule has 0 saturated carbocycles. The predicted molar refractivity (Wildman–Crippen MR) is 105 cm³/mol. The highest BCUT2D eigenvalue weighted by Crippen LogP contribution is 2.14. The SMILES string of the molecule is CC(C)C(C)(CN)NC(=O)CNC(=O)c1c[nH]c2ccccc2c1=O.Cl. The van der Waals surface area contributed by atoms with Gasteiger partial charge in [0.25, 0.3) is 5.91 Å². The van der Waals surface area contributed by atoms with Gasteiger partial charge in [-0.05, 0) is 25.0 Å². The lowest BCUT2D eigenvalue weighted by atomic mass is 9.88. The maximum Gasteiger partial charge on any atom is 0.257 e. The van der Waals surface area contributed by atoms with E-state index in [1.807, 2.05) is 20.8 Å². The van der Waals surface area contributed by atoms with Crippen LogP contribution in [0.3, 0.4) is 0 Å². The van der Waals surface area contributed by atoms with Gasteiger partial charge in [0.1, 0.15) is 5.56 Å². The summed E-state index contributed by atoms with van der Waals surface area (Å²) >= 11 is 0. The molecule has 2 rings (SSSR count).